The highest BCUT2D eigenvalue weighted by molar-refractivity contribution is 6.32. The standard InChI is InChI=1S/C31H29F6N3O11/c1-11(41)29(49)8-13-20(17(9-29)51-18-7-15(16(42)10-50-18)40-28(48)31(35,36)37)26(46)22-21(24(13)44)23(43)12-3-2-4-14(19(12)25(22)45)38-5-6-39-27(47)30(32,33)34/h2-4,15-18,38,42,44,46,49H,5-10H2,1H3,(H,39,47)(H,40,48)/t15-,16+,17-,18?,29-/m0/s1. The lowest BCUT2D eigenvalue weighted by atomic mass is 9.72. The Labute approximate surface area is 282 Å². The van der Waals surface area contributed by atoms with E-state index in [9.17, 15) is 70.7 Å². The van der Waals surface area contributed by atoms with Gasteiger partial charge >= 0.3 is 24.2 Å². The van der Waals surface area contributed by atoms with Gasteiger partial charge in [0, 0.05) is 54.7 Å². The fourth-order valence-corrected chi connectivity index (χ4v) is 6.22. The molecule has 1 fully saturated rings. The third-order valence-corrected chi connectivity index (χ3v) is 8.79. The van der Waals surface area contributed by atoms with Gasteiger partial charge < -0.3 is 45.9 Å². The molecule has 1 aliphatic heterocycles. The maximum absolute atomic E-state index is 14.0. The Hall–Kier alpha value is -4.79. The van der Waals surface area contributed by atoms with Crippen LogP contribution in [-0.4, -0.2) is 106 Å². The van der Waals surface area contributed by atoms with E-state index in [1.165, 1.54) is 18.2 Å². The van der Waals surface area contributed by atoms with Crippen molar-refractivity contribution in [2.45, 2.75) is 68.7 Å². The van der Waals surface area contributed by atoms with E-state index in [1.54, 1.807) is 10.6 Å². The number of ether oxygens (including phenoxy) is 2. The summed E-state index contributed by atoms with van der Waals surface area (Å²) in [6, 6.07) is 2.25. The van der Waals surface area contributed by atoms with Crippen molar-refractivity contribution in [3.63, 3.8) is 0 Å². The molecule has 5 atom stereocenters. The molecule has 14 nitrogen and oxygen atoms in total. The zero-order valence-corrected chi connectivity index (χ0v) is 26.2. The molecule has 2 amide bonds. The molecule has 0 spiro atoms. The monoisotopic (exact) mass is 733 g/mol. The lowest BCUT2D eigenvalue weighted by Gasteiger charge is -2.41. The van der Waals surface area contributed by atoms with Crippen LogP contribution in [0.2, 0.25) is 0 Å². The van der Waals surface area contributed by atoms with Crippen molar-refractivity contribution in [3.8, 4) is 11.5 Å². The lowest BCUT2D eigenvalue weighted by Crippen LogP contribution is -2.54. The normalized spacial score (nSPS) is 24.6. The summed E-state index contributed by atoms with van der Waals surface area (Å²) >= 11 is 0. The second-order valence-corrected chi connectivity index (χ2v) is 12.1. The van der Waals surface area contributed by atoms with E-state index in [1.807, 2.05) is 0 Å². The predicted octanol–water partition coefficient (Wildman–Crippen LogP) is 1.44. The predicted molar refractivity (Wildman–Crippen MR) is 157 cm³/mol. The molecule has 0 aromatic heterocycles. The van der Waals surface area contributed by atoms with Crippen LogP contribution in [-0.2, 0) is 30.3 Å². The number of aliphatic hydroxyl groups is 2. The zero-order chi connectivity index (χ0) is 37.8. The van der Waals surface area contributed by atoms with E-state index < -0.39 is 127 Å². The van der Waals surface area contributed by atoms with Gasteiger partial charge in [-0.05, 0) is 13.0 Å². The number of fused-ring (bicyclic) bond motifs is 3. The number of hydrogen-bond donors (Lipinski definition) is 7. The Morgan fingerprint density at radius 2 is 1.61 bits per heavy atom. The molecule has 3 aliphatic rings. The first-order valence-corrected chi connectivity index (χ1v) is 15.1. The number of halogens is 6. The highest BCUT2D eigenvalue weighted by atomic mass is 19.4. The van der Waals surface area contributed by atoms with Crippen LogP contribution in [0.15, 0.2) is 18.2 Å². The summed E-state index contributed by atoms with van der Waals surface area (Å²) in [6.45, 7) is -0.556. The van der Waals surface area contributed by atoms with Gasteiger partial charge in [-0.15, -0.1) is 0 Å². The fraction of sp³-hybridized carbons (Fsp3) is 0.452. The van der Waals surface area contributed by atoms with Gasteiger partial charge in [0.2, 0.25) is 0 Å². The fourth-order valence-electron chi connectivity index (χ4n) is 6.22. The first kappa shape index (κ1) is 37.5. The number of rotatable bonds is 8. The molecule has 0 radical (unpaired) electrons. The van der Waals surface area contributed by atoms with Crippen molar-refractivity contribution in [2.75, 3.05) is 25.0 Å². The summed E-state index contributed by atoms with van der Waals surface area (Å²) < 4.78 is 87.5. The molecule has 1 unspecified atom stereocenters. The van der Waals surface area contributed by atoms with Gasteiger partial charge in [0.25, 0.3) is 0 Å². The molecular formula is C31H29F6N3O11. The molecular weight excluding hydrogens is 704 g/mol. The van der Waals surface area contributed by atoms with E-state index in [0.29, 0.717) is 0 Å². The van der Waals surface area contributed by atoms with Gasteiger partial charge in [-0.25, -0.2) is 0 Å². The van der Waals surface area contributed by atoms with E-state index in [0.717, 1.165) is 6.92 Å². The number of aliphatic hydroxyl groups excluding tert-OH is 1. The summed E-state index contributed by atoms with van der Waals surface area (Å²) in [5, 5.41) is 50.4. The first-order chi connectivity index (χ1) is 23.7. The number of benzene rings is 2. The van der Waals surface area contributed by atoms with E-state index in [4.69, 9.17) is 9.47 Å². The van der Waals surface area contributed by atoms with Crippen LogP contribution in [0.1, 0.15) is 68.8 Å². The highest BCUT2D eigenvalue weighted by Crippen LogP contribution is 2.52. The van der Waals surface area contributed by atoms with Crippen LogP contribution >= 0.6 is 0 Å². The number of nitrogens with one attached hydrogen (secondary N) is 3. The number of ketones is 3. The van der Waals surface area contributed by atoms with Gasteiger partial charge in [0.15, 0.2) is 23.6 Å². The van der Waals surface area contributed by atoms with Crippen LogP contribution in [0.4, 0.5) is 32.0 Å². The minimum absolute atomic E-state index is 0.0887. The number of carbonyl (C=O) groups is 5. The van der Waals surface area contributed by atoms with E-state index >= 15 is 0 Å². The van der Waals surface area contributed by atoms with Crippen molar-refractivity contribution in [2.24, 2.45) is 0 Å². The van der Waals surface area contributed by atoms with Gasteiger partial charge in [-0.1, -0.05) is 12.1 Å². The number of carbonyl (C=O) groups excluding carboxylic acids is 5. The molecule has 2 aromatic carbocycles. The Morgan fingerprint density at radius 1 is 0.961 bits per heavy atom. The second-order valence-electron chi connectivity index (χ2n) is 12.1. The average molecular weight is 734 g/mol. The molecule has 276 valence electrons. The van der Waals surface area contributed by atoms with Crippen LogP contribution in [0.5, 0.6) is 11.5 Å². The van der Waals surface area contributed by atoms with Crippen molar-refractivity contribution in [1.29, 1.82) is 0 Å². The number of phenolic OH excluding ortho intramolecular Hbond substituents is 2. The molecule has 51 heavy (non-hydrogen) atoms. The zero-order valence-electron chi connectivity index (χ0n) is 26.2. The number of alkyl halides is 6. The summed E-state index contributed by atoms with van der Waals surface area (Å²) in [7, 11) is 0. The maximum atomic E-state index is 14.0. The second kappa shape index (κ2) is 13.4. The molecule has 1 saturated heterocycles. The molecule has 2 aliphatic carbocycles. The van der Waals surface area contributed by atoms with Gasteiger partial charge in [-0.2, -0.15) is 26.3 Å². The molecule has 7 N–H and O–H groups in total. The van der Waals surface area contributed by atoms with Crippen LogP contribution in [0, 0.1) is 0 Å². The van der Waals surface area contributed by atoms with Crippen LogP contribution in [0.25, 0.3) is 0 Å². The average Bonchev–Trinajstić information content (AvgIpc) is 3.03. The molecule has 0 bridgehead atoms. The highest BCUT2D eigenvalue weighted by Gasteiger charge is 2.50. The SMILES string of the molecule is CC(=O)[C@]1(O)Cc2c(O)c3c(c(O)c2[C@@H](OC2C[C@H](NC(=O)C(F)(F)F)[C@H](O)CO2)C1)C(=O)c1c(NCCNC(=O)C(F)(F)F)cccc1C3=O. The van der Waals surface area contributed by atoms with Crippen molar-refractivity contribution in [1.82, 2.24) is 10.6 Å². The number of aromatic hydroxyl groups is 2. The van der Waals surface area contributed by atoms with Gasteiger partial charge in [-0.3, -0.25) is 24.0 Å². The summed E-state index contributed by atoms with van der Waals surface area (Å²) in [5.74, 6) is -9.29. The minimum atomic E-state index is -5.29. The summed E-state index contributed by atoms with van der Waals surface area (Å²) in [5.41, 5.74) is -5.23. The van der Waals surface area contributed by atoms with Crippen LogP contribution in [0.3, 0.4) is 0 Å². The number of amides is 2. The lowest BCUT2D eigenvalue weighted by molar-refractivity contribution is -0.227. The van der Waals surface area contributed by atoms with E-state index in [2.05, 4.69) is 5.32 Å². The Bertz CT molecular complexity index is 1810. The maximum Gasteiger partial charge on any atom is 0.471 e. The minimum Gasteiger partial charge on any atom is -0.507 e. The third kappa shape index (κ3) is 7.08. The van der Waals surface area contributed by atoms with Gasteiger partial charge in [0.05, 0.1) is 41.5 Å². The van der Waals surface area contributed by atoms with Crippen molar-refractivity contribution < 1.29 is 80.2 Å². The third-order valence-electron chi connectivity index (χ3n) is 8.79. The first-order valence-electron chi connectivity index (χ1n) is 15.1. The largest absolute Gasteiger partial charge is 0.507 e. The quantitative estimate of drug-likeness (QED) is 0.0994. The van der Waals surface area contributed by atoms with E-state index in [-0.39, 0.29) is 34.5 Å². The van der Waals surface area contributed by atoms with Gasteiger partial charge in [0.1, 0.15) is 17.1 Å². The Kier molecular flexibility index (Phi) is 9.84. The molecule has 5 rings (SSSR count). The van der Waals surface area contributed by atoms with Crippen LogP contribution < -0.4 is 16.0 Å². The number of hydrogen-bond acceptors (Lipinski definition) is 12. The Morgan fingerprint density at radius 3 is 2.24 bits per heavy atom. The topological polar surface area (TPSA) is 221 Å². The Balaban J connectivity index is 1.51. The smallest absolute Gasteiger partial charge is 0.471 e. The van der Waals surface area contributed by atoms with Crippen molar-refractivity contribution >= 4 is 34.9 Å². The number of Topliss-reactive ketones (excluding diaryl/α,β-unsaturated/α-hetero) is 1. The summed E-state index contributed by atoms with van der Waals surface area (Å²) in [6.07, 6.45) is -17.2. The molecule has 20 heteroatoms. The van der Waals surface area contributed by atoms with Crippen molar-refractivity contribution in [3.05, 3.63) is 51.6 Å². The number of anilines is 1. The number of phenols is 2. The molecule has 0 saturated carbocycles. The summed E-state index contributed by atoms with van der Waals surface area (Å²) in [4.78, 5) is 63.0. The molecule has 2 aromatic rings. The molecule has 1 heterocycles.